The Hall–Kier alpha value is -3.59. The average Bonchev–Trinajstić information content (AvgIpc) is 3.41. The van der Waals surface area contributed by atoms with E-state index in [0.717, 1.165) is 67.1 Å². The lowest BCUT2D eigenvalue weighted by Gasteiger charge is -2.34. The summed E-state index contributed by atoms with van der Waals surface area (Å²) in [5.74, 6) is 2.30. The van der Waals surface area contributed by atoms with Gasteiger partial charge in [0.2, 0.25) is 11.7 Å². The average molecular weight is 486 g/mol. The summed E-state index contributed by atoms with van der Waals surface area (Å²) in [6.45, 7) is 8.31. The molecule has 1 aromatic carbocycles. The van der Waals surface area contributed by atoms with Crippen LogP contribution in [0.15, 0.2) is 34.9 Å². The molecule has 3 aromatic heterocycles. The Morgan fingerprint density at radius 1 is 0.944 bits per heavy atom. The number of aryl methyl sites for hydroxylation is 4. The van der Waals surface area contributed by atoms with Gasteiger partial charge in [-0.3, -0.25) is 9.69 Å². The second-order valence-electron chi connectivity index (χ2n) is 9.92. The number of hydrogen-bond acceptors (Lipinski definition) is 7. The number of nitrogens with zero attached hydrogens (tertiary/aromatic N) is 7. The van der Waals surface area contributed by atoms with Gasteiger partial charge in [0, 0.05) is 50.4 Å². The molecule has 9 heteroatoms. The van der Waals surface area contributed by atoms with Gasteiger partial charge in [0.05, 0.1) is 12.1 Å². The number of benzene rings is 1. The van der Waals surface area contributed by atoms with Crippen LogP contribution in [0.5, 0.6) is 0 Å². The van der Waals surface area contributed by atoms with Gasteiger partial charge < -0.3 is 14.0 Å². The largest absolute Gasteiger partial charge is 0.338 e. The van der Waals surface area contributed by atoms with E-state index in [1.54, 1.807) is 0 Å². The number of carbonyl (C=O) groups excluding carboxylic acids is 1. The Balaban J connectivity index is 1.14. The topological polar surface area (TPSA) is 93.2 Å². The molecule has 2 aliphatic rings. The van der Waals surface area contributed by atoms with Crippen molar-refractivity contribution in [1.82, 2.24) is 34.5 Å². The maximum absolute atomic E-state index is 13.6. The molecule has 9 nitrogen and oxygen atoms in total. The van der Waals surface area contributed by atoms with Crippen molar-refractivity contribution in [2.45, 2.75) is 52.6 Å². The van der Waals surface area contributed by atoms with Crippen molar-refractivity contribution in [2.75, 3.05) is 26.2 Å². The third kappa shape index (κ3) is 4.39. The first-order valence-electron chi connectivity index (χ1n) is 12.8. The van der Waals surface area contributed by atoms with Crippen molar-refractivity contribution >= 4 is 17.1 Å². The van der Waals surface area contributed by atoms with Crippen LogP contribution < -0.4 is 0 Å². The van der Waals surface area contributed by atoms with Crippen LogP contribution in [0.4, 0.5) is 0 Å². The maximum atomic E-state index is 13.6. The number of imidazole rings is 1. The van der Waals surface area contributed by atoms with Gasteiger partial charge in [-0.25, -0.2) is 9.97 Å². The highest BCUT2D eigenvalue weighted by atomic mass is 16.5. The van der Waals surface area contributed by atoms with Crippen LogP contribution in [-0.2, 0) is 19.5 Å². The van der Waals surface area contributed by atoms with Crippen molar-refractivity contribution in [3.05, 3.63) is 58.9 Å². The van der Waals surface area contributed by atoms with Crippen LogP contribution in [0.25, 0.3) is 22.6 Å². The van der Waals surface area contributed by atoms with Gasteiger partial charge in [0.15, 0.2) is 5.65 Å². The molecule has 0 radical (unpaired) electrons. The fraction of sp³-hybridized carbons (Fsp3) is 0.444. The summed E-state index contributed by atoms with van der Waals surface area (Å²) in [5.41, 5.74) is 5.28. The van der Waals surface area contributed by atoms with Crippen LogP contribution in [-0.4, -0.2) is 66.6 Å². The molecule has 0 N–H and O–H groups in total. The number of hydrogen-bond donors (Lipinski definition) is 0. The normalized spacial score (nSPS) is 16.8. The molecular formula is C27H31N7O2. The quantitative estimate of drug-likeness (QED) is 0.434. The molecule has 1 amide bonds. The molecule has 1 fully saturated rings. The zero-order chi connectivity index (χ0) is 24.6. The molecule has 0 bridgehead atoms. The van der Waals surface area contributed by atoms with Crippen LogP contribution in [0.1, 0.15) is 52.6 Å². The van der Waals surface area contributed by atoms with Crippen molar-refractivity contribution in [3.63, 3.8) is 0 Å². The fourth-order valence-corrected chi connectivity index (χ4v) is 5.19. The summed E-state index contributed by atoms with van der Waals surface area (Å²) in [6.07, 6.45) is 4.43. The highest BCUT2D eigenvalue weighted by Gasteiger charge is 2.27. The predicted octanol–water partition coefficient (Wildman–Crippen LogP) is 3.78. The van der Waals surface area contributed by atoms with Crippen molar-refractivity contribution in [3.8, 4) is 11.4 Å². The summed E-state index contributed by atoms with van der Waals surface area (Å²) in [7, 11) is 0. The molecule has 6 rings (SSSR count). The number of piperazine rings is 1. The van der Waals surface area contributed by atoms with Crippen molar-refractivity contribution in [1.29, 1.82) is 0 Å². The number of amides is 1. The summed E-state index contributed by atoms with van der Waals surface area (Å²) in [6, 6.07) is 9.99. The van der Waals surface area contributed by atoms with E-state index in [9.17, 15) is 4.79 Å². The van der Waals surface area contributed by atoms with Gasteiger partial charge >= 0.3 is 0 Å². The second kappa shape index (κ2) is 9.46. The van der Waals surface area contributed by atoms with Crippen molar-refractivity contribution in [2.24, 2.45) is 0 Å². The summed E-state index contributed by atoms with van der Waals surface area (Å²) in [4.78, 5) is 32.0. The van der Waals surface area contributed by atoms with Crippen molar-refractivity contribution < 1.29 is 9.32 Å². The third-order valence-electron chi connectivity index (χ3n) is 7.22. The summed E-state index contributed by atoms with van der Waals surface area (Å²) < 4.78 is 7.73. The Bertz CT molecular complexity index is 1400. The van der Waals surface area contributed by atoms with Crippen LogP contribution in [0.3, 0.4) is 0 Å². The number of carbonyl (C=O) groups is 1. The molecule has 0 spiro atoms. The first kappa shape index (κ1) is 22.8. The number of rotatable bonds is 4. The highest BCUT2D eigenvalue weighted by Crippen LogP contribution is 2.25. The zero-order valence-corrected chi connectivity index (χ0v) is 20.9. The smallest absolute Gasteiger partial charge is 0.256 e. The van der Waals surface area contributed by atoms with Gasteiger partial charge in [0.1, 0.15) is 11.3 Å². The van der Waals surface area contributed by atoms with Crippen LogP contribution in [0, 0.1) is 13.8 Å². The Morgan fingerprint density at radius 3 is 2.56 bits per heavy atom. The van der Waals surface area contributed by atoms with Gasteiger partial charge in [0.25, 0.3) is 5.91 Å². The first-order valence-corrected chi connectivity index (χ1v) is 12.8. The Morgan fingerprint density at radius 2 is 1.75 bits per heavy atom. The second-order valence-corrected chi connectivity index (χ2v) is 9.92. The lowest BCUT2D eigenvalue weighted by atomic mass is 10.1. The van der Waals surface area contributed by atoms with E-state index in [1.807, 2.05) is 42.2 Å². The molecule has 4 aromatic rings. The summed E-state index contributed by atoms with van der Waals surface area (Å²) in [5, 5.41) is 4.14. The predicted molar refractivity (Wildman–Crippen MR) is 135 cm³/mol. The van der Waals surface area contributed by atoms with Gasteiger partial charge in [-0.15, -0.1) is 0 Å². The SMILES string of the molecule is Cc1ccc(-c2noc(CN3CCN(C(=O)c4cc(C)nc5c4nc4n5CCCCC4)CC3)n2)cc1. The number of aromatic nitrogens is 5. The zero-order valence-electron chi connectivity index (χ0n) is 20.9. The molecule has 0 saturated carbocycles. The molecule has 1 saturated heterocycles. The lowest BCUT2D eigenvalue weighted by Crippen LogP contribution is -2.48. The Labute approximate surface area is 210 Å². The van der Waals surface area contributed by atoms with E-state index in [1.165, 1.54) is 12.0 Å². The van der Waals surface area contributed by atoms with E-state index < -0.39 is 0 Å². The third-order valence-corrected chi connectivity index (χ3v) is 7.22. The number of pyridine rings is 1. The van der Waals surface area contributed by atoms with E-state index in [0.29, 0.717) is 36.9 Å². The van der Waals surface area contributed by atoms with Gasteiger partial charge in [-0.05, 0) is 32.8 Å². The minimum absolute atomic E-state index is 0.0397. The highest BCUT2D eigenvalue weighted by molar-refractivity contribution is 6.04. The first-order chi connectivity index (χ1) is 17.5. The van der Waals surface area contributed by atoms with E-state index in [2.05, 4.69) is 26.5 Å². The minimum Gasteiger partial charge on any atom is -0.338 e. The van der Waals surface area contributed by atoms with E-state index in [-0.39, 0.29) is 5.91 Å². The molecule has 0 aliphatic carbocycles. The number of fused-ring (bicyclic) bond motifs is 3. The van der Waals surface area contributed by atoms with Crippen LogP contribution >= 0.6 is 0 Å². The van der Waals surface area contributed by atoms with Gasteiger partial charge in [-0.2, -0.15) is 4.98 Å². The minimum atomic E-state index is 0.0397. The standard InChI is InChI=1S/C27H31N7O2/c1-18-7-9-20(10-8-18)25-30-23(36-31-25)17-32-12-14-33(15-13-32)27(35)21-16-19(2)28-26-24(21)29-22-6-4-3-5-11-34(22)26/h7-10,16H,3-6,11-15,17H2,1-2H3. The molecule has 36 heavy (non-hydrogen) atoms. The molecule has 0 unspecified atom stereocenters. The molecule has 2 aliphatic heterocycles. The van der Waals surface area contributed by atoms with E-state index >= 15 is 0 Å². The fourth-order valence-electron chi connectivity index (χ4n) is 5.19. The molecule has 186 valence electrons. The maximum Gasteiger partial charge on any atom is 0.256 e. The lowest BCUT2D eigenvalue weighted by molar-refractivity contribution is 0.0616. The van der Waals surface area contributed by atoms with Crippen LogP contribution in [0.2, 0.25) is 0 Å². The monoisotopic (exact) mass is 485 g/mol. The van der Waals surface area contributed by atoms with E-state index in [4.69, 9.17) is 14.5 Å². The Kier molecular flexibility index (Phi) is 6.00. The molecule has 5 heterocycles. The molecule has 0 atom stereocenters. The van der Waals surface area contributed by atoms with Gasteiger partial charge in [-0.1, -0.05) is 41.4 Å². The summed E-state index contributed by atoms with van der Waals surface area (Å²) >= 11 is 0. The molecular weight excluding hydrogens is 454 g/mol.